The molecule has 5 nitrogen and oxygen atoms in total. The molecule has 1 aliphatic carbocycles. The molecule has 0 saturated heterocycles. The average Bonchev–Trinajstić information content (AvgIpc) is 2.34. The number of amides is 1. The Bertz CT molecular complexity index is 298. The Kier molecular flexibility index (Phi) is 6.76. The van der Waals surface area contributed by atoms with Crippen LogP contribution in [-0.4, -0.2) is 41.5 Å². The lowest BCUT2D eigenvalue weighted by molar-refractivity contribution is 0.0487. The predicted octanol–water partition coefficient (Wildman–Crippen LogP) is 2.18. The molecule has 0 aromatic carbocycles. The van der Waals surface area contributed by atoms with Gasteiger partial charge in [-0.2, -0.15) is 0 Å². The van der Waals surface area contributed by atoms with Crippen LogP contribution in [0.1, 0.15) is 59.8 Å². The Morgan fingerprint density at radius 1 is 1.35 bits per heavy atom. The molecule has 1 fully saturated rings. The lowest BCUT2D eigenvalue weighted by Gasteiger charge is -2.33. The van der Waals surface area contributed by atoms with E-state index in [-0.39, 0.29) is 24.8 Å². The number of carbonyl (C=O) groups excluding carboxylic acids is 1. The lowest BCUT2D eigenvalue weighted by atomic mass is 9.90. The zero-order valence-electron chi connectivity index (χ0n) is 13.2. The van der Waals surface area contributed by atoms with Gasteiger partial charge in [-0.15, -0.1) is 0 Å². The molecule has 0 aromatic heterocycles. The van der Waals surface area contributed by atoms with Crippen LogP contribution in [0.25, 0.3) is 0 Å². The standard InChI is InChI=1S/C15H30N2O3/c1-5-11(10-18)16-12-7-6-8-13(9-12)17-14(19)20-15(2,3)4/h11-13,16,18H,5-10H2,1-4H3,(H,17,19)/t11-,12?,13?/m0/s1. The minimum atomic E-state index is -0.458. The van der Waals surface area contributed by atoms with Gasteiger partial charge in [0.25, 0.3) is 0 Å². The molecule has 1 amide bonds. The fourth-order valence-corrected chi connectivity index (χ4v) is 2.58. The van der Waals surface area contributed by atoms with Crippen molar-refractivity contribution in [2.45, 2.75) is 83.5 Å². The van der Waals surface area contributed by atoms with Crippen LogP contribution in [0, 0.1) is 0 Å². The first-order valence-corrected chi connectivity index (χ1v) is 7.70. The van der Waals surface area contributed by atoms with E-state index in [0.29, 0.717) is 6.04 Å². The first kappa shape index (κ1) is 17.2. The molecule has 20 heavy (non-hydrogen) atoms. The van der Waals surface area contributed by atoms with Gasteiger partial charge in [-0.05, 0) is 52.9 Å². The monoisotopic (exact) mass is 286 g/mol. The van der Waals surface area contributed by atoms with Crippen LogP contribution in [0.3, 0.4) is 0 Å². The van der Waals surface area contributed by atoms with Crippen molar-refractivity contribution in [2.75, 3.05) is 6.61 Å². The Morgan fingerprint density at radius 3 is 2.55 bits per heavy atom. The number of alkyl carbamates (subject to hydrolysis) is 1. The molecule has 0 heterocycles. The van der Waals surface area contributed by atoms with Crippen molar-refractivity contribution in [3.05, 3.63) is 0 Å². The van der Waals surface area contributed by atoms with E-state index >= 15 is 0 Å². The Balaban J connectivity index is 2.39. The average molecular weight is 286 g/mol. The highest BCUT2D eigenvalue weighted by Gasteiger charge is 2.26. The van der Waals surface area contributed by atoms with E-state index in [1.54, 1.807) is 0 Å². The Hall–Kier alpha value is -0.810. The minimum absolute atomic E-state index is 0.153. The van der Waals surface area contributed by atoms with Crippen LogP contribution in [0.4, 0.5) is 4.79 Å². The van der Waals surface area contributed by atoms with Gasteiger partial charge < -0.3 is 20.5 Å². The van der Waals surface area contributed by atoms with Crippen molar-refractivity contribution in [1.82, 2.24) is 10.6 Å². The normalized spacial score (nSPS) is 25.1. The molecule has 2 unspecified atom stereocenters. The molecule has 1 rings (SSSR count). The SMILES string of the molecule is CC[C@@H](CO)NC1CCCC(NC(=O)OC(C)(C)C)C1. The van der Waals surface area contributed by atoms with Crippen molar-refractivity contribution in [3.63, 3.8) is 0 Å². The van der Waals surface area contributed by atoms with Crippen LogP contribution in [0.5, 0.6) is 0 Å². The summed E-state index contributed by atoms with van der Waals surface area (Å²) < 4.78 is 5.29. The summed E-state index contributed by atoms with van der Waals surface area (Å²) in [5.41, 5.74) is -0.458. The number of rotatable bonds is 5. The third-order valence-electron chi connectivity index (χ3n) is 3.58. The highest BCUT2D eigenvalue weighted by molar-refractivity contribution is 5.68. The number of hydrogen-bond acceptors (Lipinski definition) is 4. The van der Waals surface area contributed by atoms with E-state index in [4.69, 9.17) is 4.74 Å². The lowest BCUT2D eigenvalue weighted by Crippen LogP contribution is -2.48. The molecule has 0 spiro atoms. The van der Waals surface area contributed by atoms with Gasteiger partial charge in [0.2, 0.25) is 0 Å². The van der Waals surface area contributed by atoms with Gasteiger partial charge in [0, 0.05) is 18.1 Å². The van der Waals surface area contributed by atoms with Gasteiger partial charge in [-0.25, -0.2) is 4.79 Å². The highest BCUT2D eigenvalue weighted by atomic mass is 16.6. The van der Waals surface area contributed by atoms with Crippen LogP contribution >= 0.6 is 0 Å². The summed E-state index contributed by atoms with van der Waals surface area (Å²) in [6, 6.07) is 0.674. The predicted molar refractivity (Wildman–Crippen MR) is 79.7 cm³/mol. The van der Waals surface area contributed by atoms with E-state index in [1.807, 2.05) is 20.8 Å². The third kappa shape index (κ3) is 6.57. The molecule has 0 bridgehead atoms. The van der Waals surface area contributed by atoms with E-state index in [9.17, 15) is 9.90 Å². The second-order valence-electron chi connectivity index (χ2n) is 6.66. The molecule has 118 valence electrons. The number of nitrogens with one attached hydrogen (secondary N) is 2. The second kappa shape index (κ2) is 7.84. The first-order chi connectivity index (χ1) is 9.34. The van der Waals surface area contributed by atoms with E-state index in [0.717, 1.165) is 32.1 Å². The third-order valence-corrected chi connectivity index (χ3v) is 3.58. The van der Waals surface area contributed by atoms with Crippen LogP contribution in [-0.2, 0) is 4.74 Å². The van der Waals surface area contributed by atoms with Crippen molar-refractivity contribution >= 4 is 6.09 Å². The smallest absolute Gasteiger partial charge is 0.407 e. The topological polar surface area (TPSA) is 70.6 Å². The number of ether oxygens (including phenoxy) is 1. The second-order valence-corrected chi connectivity index (χ2v) is 6.66. The van der Waals surface area contributed by atoms with Crippen LogP contribution < -0.4 is 10.6 Å². The molecule has 3 N–H and O–H groups in total. The zero-order valence-corrected chi connectivity index (χ0v) is 13.2. The number of hydrogen-bond donors (Lipinski definition) is 3. The summed E-state index contributed by atoms with van der Waals surface area (Å²) in [7, 11) is 0. The minimum Gasteiger partial charge on any atom is -0.444 e. The number of carbonyl (C=O) groups is 1. The van der Waals surface area contributed by atoms with Crippen LogP contribution in [0.2, 0.25) is 0 Å². The van der Waals surface area contributed by atoms with E-state index < -0.39 is 5.60 Å². The maximum absolute atomic E-state index is 11.8. The van der Waals surface area contributed by atoms with E-state index in [1.165, 1.54) is 0 Å². The summed E-state index contributed by atoms with van der Waals surface area (Å²) in [6.45, 7) is 7.82. The van der Waals surface area contributed by atoms with Crippen molar-refractivity contribution in [1.29, 1.82) is 0 Å². The van der Waals surface area contributed by atoms with Crippen molar-refractivity contribution in [3.8, 4) is 0 Å². The van der Waals surface area contributed by atoms with Crippen LogP contribution in [0.15, 0.2) is 0 Å². The molecule has 0 radical (unpaired) electrons. The first-order valence-electron chi connectivity index (χ1n) is 7.70. The largest absolute Gasteiger partial charge is 0.444 e. The highest BCUT2D eigenvalue weighted by Crippen LogP contribution is 2.20. The number of aliphatic hydroxyl groups is 1. The van der Waals surface area contributed by atoms with Gasteiger partial charge in [0.05, 0.1) is 6.61 Å². The summed E-state index contributed by atoms with van der Waals surface area (Å²) in [6.07, 6.45) is 4.65. The molecule has 0 aliphatic heterocycles. The van der Waals surface area contributed by atoms with Gasteiger partial charge in [-0.1, -0.05) is 6.92 Å². The fourth-order valence-electron chi connectivity index (χ4n) is 2.58. The molecular weight excluding hydrogens is 256 g/mol. The molecule has 1 aliphatic rings. The van der Waals surface area contributed by atoms with Gasteiger partial charge >= 0.3 is 6.09 Å². The number of aliphatic hydroxyl groups excluding tert-OH is 1. The fraction of sp³-hybridized carbons (Fsp3) is 0.933. The van der Waals surface area contributed by atoms with Gasteiger partial charge in [-0.3, -0.25) is 0 Å². The summed E-state index contributed by atoms with van der Waals surface area (Å²) in [5, 5.41) is 15.7. The maximum atomic E-state index is 11.8. The Labute approximate surface area is 122 Å². The Morgan fingerprint density at radius 2 is 2.00 bits per heavy atom. The summed E-state index contributed by atoms with van der Waals surface area (Å²) in [4.78, 5) is 11.8. The molecule has 1 saturated carbocycles. The van der Waals surface area contributed by atoms with Gasteiger partial charge in [0.1, 0.15) is 5.60 Å². The molecule has 5 heteroatoms. The molecule has 3 atom stereocenters. The van der Waals surface area contributed by atoms with Crippen molar-refractivity contribution in [2.24, 2.45) is 0 Å². The zero-order chi connectivity index (χ0) is 15.2. The van der Waals surface area contributed by atoms with Crippen molar-refractivity contribution < 1.29 is 14.6 Å². The quantitative estimate of drug-likeness (QED) is 0.724. The maximum Gasteiger partial charge on any atom is 0.407 e. The van der Waals surface area contributed by atoms with Gasteiger partial charge in [0.15, 0.2) is 0 Å². The summed E-state index contributed by atoms with van der Waals surface area (Å²) in [5.74, 6) is 0. The molecular formula is C15H30N2O3. The summed E-state index contributed by atoms with van der Waals surface area (Å²) >= 11 is 0. The molecule has 0 aromatic rings. The van der Waals surface area contributed by atoms with E-state index in [2.05, 4.69) is 17.6 Å².